The van der Waals surface area contributed by atoms with Gasteiger partial charge in [-0.25, -0.2) is 0 Å². The topological polar surface area (TPSA) is 78.1 Å². The maximum absolute atomic E-state index is 5.52. The van der Waals surface area contributed by atoms with Crippen LogP contribution in [0, 0.1) is 5.92 Å². The zero-order valence-electron chi connectivity index (χ0n) is 5.75. The van der Waals surface area contributed by atoms with E-state index >= 15 is 0 Å². The van der Waals surface area contributed by atoms with E-state index in [0.717, 1.165) is 0 Å². The average Bonchev–Trinajstić information content (AvgIpc) is 1.64. The van der Waals surface area contributed by atoms with Gasteiger partial charge in [0.25, 0.3) is 0 Å². The molecular weight excluding hydrogens is 114 g/mol. The van der Waals surface area contributed by atoms with Gasteiger partial charge in [-0.05, 0) is 6.92 Å². The lowest BCUT2D eigenvalue weighted by Gasteiger charge is -2.19. The van der Waals surface area contributed by atoms with Crippen molar-refractivity contribution >= 4 is 0 Å². The molecule has 0 fully saturated rings. The summed E-state index contributed by atoms with van der Waals surface area (Å²) < 4.78 is 0. The van der Waals surface area contributed by atoms with Gasteiger partial charge in [-0.2, -0.15) is 0 Å². The Kier molecular flexibility index (Phi) is 3.46. The molecule has 0 rings (SSSR count). The summed E-state index contributed by atoms with van der Waals surface area (Å²) in [6.07, 6.45) is 1.30. The van der Waals surface area contributed by atoms with E-state index in [4.69, 9.17) is 17.2 Å². The summed E-state index contributed by atoms with van der Waals surface area (Å²) >= 11 is 0. The van der Waals surface area contributed by atoms with Gasteiger partial charge in [-0.15, -0.1) is 6.58 Å². The van der Waals surface area contributed by atoms with E-state index in [1.54, 1.807) is 6.08 Å². The van der Waals surface area contributed by atoms with Crippen molar-refractivity contribution in [3.8, 4) is 0 Å². The van der Waals surface area contributed by atoms with Crippen molar-refractivity contribution in [2.75, 3.05) is 0 Å². The minimum atomic E-state index is -0.387. The van der Waals surface area contributed by atoms with Crippen molar-refractivity contribution in [2.45, 2.75) is 19.1 Å². The molecule has 0 aromatic carbocycles. The molecule has 0 radical (unpaired) electrons. The smallest absolute Gasteiger partial charge is 0.0600 e. The highest BCUT2D eigenvalue weighted by molar-refractivity contribution is 4.89. The number of rotatable bonds is 3. The molecule has 3 nitrogen and oxygen atoms in total. The van der Waals surface area contributed by atoms with Crippen molar-refractivity contribution < 1.29 is 0 Å². The third-order valence-corrected chi connectivity index (χ3v) is 1.32. The van der Waals surface area contributed by atoms with Crippen molar-refractivity contribution in [1.29, 1.82) is 0 Å². The molecule has 2 atom stereocenters. The molecule has 9 heavy (non-hydrogen) atoms. The van der Waals surface area contributed by atoms with Gasteiger partial charge in [0, 0.05) is 12.0 Å². The van der Waals surface area contributed by atoms with Crippen molar-refractivity contribution in [1.82, 2.24) is 0 Å². The quantitative estimate of drug-likeness (QED) is 0.351. The first-order chi connectivity index (χ1) is 4.09. The van der Waals surface area contributed by atoms with Crippen LogP contribution in [0.4, 0.5) is 0 Å². The van der Waals surface area contributed by atoms with Gasteiger partial charge in [0.1, 0.15) is 0 Å². The molecule has 6 N–H and O–H groups in total. The van der Waals surface area contributed by atoms with E-state index in [0.29, 0.717) is 0 Å². The van der Waals surface area contributed by atoms with Gasteiger partial charge in [-0.3, -0.25) is 0 Å². The highest BCUT2D eigenvalue weighted by Gasteiger charge is 2.13. The van der Waals surface area contributed by atoms with E-state index in [1.807, 2.05) is 6.92 Å². The molecule has 0 amide bonds. The zero-order chi connectivity index (χ0) is 7.44. The summed E-state index contributed by atoms with van der Waals surface area (Å²) in [7, 11) is 0. The molecule has 0 spiro atoms. The Labute approximate surface area is 55.9 Å². The first kappa shape index (κ1) is 8.62. The molecule has 2 unspecified atom stereocenters. The third-order valence-electron chi connectivity index (χ3n) is 1.32. The fraction of sp³-hybridized carbons (Fsp3) is 0.667. The van der Waals surface area contributed by atoms with E-state index in [1.165, 1.54) is 0 Å². The van der Waals surface area contributed by atoms with Gasteiger partial charge in [0.2, 0.25) is 0 Å². The van der Waals surface area contributed by atoms with Crippen LogP contribution in [-0.2, 0) is 0 Å². The number of hydrogen-bond donors (Lipinski definition) is 3. The van der Waals surface area contributed by atoms with Crippen LogP contribution in [0.2, 0.25) is 0 Å². The number of hydrogen-bond acceptors (Lipinski definition) is 3. The molecule has 0 aliphatic heterocycles. The van der Waals surface area contributed by atoms with E-state index in [2.05, 4.69) is 6.58 Å². The maximum atomic E-state index is 5.52. The summed E-state index contributed by atoms with van der Waals surface area (Å²) in [5.74, 6) is 0.0185. The molecule has 0 saturated carbocycles. The maximum Gasteiger partial charge on any atom is 0.0600 e. The Morgan fingerprint density at radius 1 is 1.33 bits per heavy atom. The molecule has 0 aromatic rings. The van der Waals surface area contributed by atoms with Crippen LogP contribution in [0.5, 0.6) is 0 Å². The minimum Gasteiger partial charge on any atom is -0.327 e. The van der Waals surface area contributed by atoms with Crippen LogP contribution in [0.1, 0.15) is 6.92 Å². The fourth-order valence-electron chi connectivity index (χ4n) is 0.722. The SMILES string of the molecule is C=CC(C(C)N)C(N)N. The first-order valence-corrected chi connectivity index (χ1v) is 2.99. The van der Waals surface area contributed by atoms with Crippen molar-refractivity contribution in [3.05, 3.63) is 12.7 Å². The second-order valence-corrected chi connectivity index (χ2v) is 2.25. The minimum absolute atomic E-state index is 0.0116. The normalized spacial score (nSPS) is 17.4. The Balaban J connectivity index is 3.82. The first-order valence-electron chi connectivity index (χ1n) is 2.99. The summed E-state index contributed by atoms with van der Waals surface area (Å²) in [6.45, 7) is 5.42. The highest BCUT2D eigenvalue weighted by Crippen LogP contribution is 2.02. The van der Waals surface area contributed by atoms with Gasteiger partial charge in [0.05, 0.1) is 6.17 Å². The van der Waals surface area contributed by atoms with E-state index in [-0.39, 0.29) is 18.1 Å². The Morgan fingerprint density at radius 3 is 1.78 bits per heavy atom. The average molecular weight is 129 g/mol. The predicted molar refractivity (Wildman–Crippen MR) is 39.5 cm³/mol. The van der Waals surface area contributed by atoms with Crippen LogP contribution in [-0.4, -0.2) is 12.2 Å². The zero-order valence-corrected chi connectivity index (χ0v) is 5.75. The molecule has 0 aliphatic rings. The van der Waals surface area contributed by atoms with Crippen LogP contribution >= 0.6 is 0 Å². The molecule has 0 saturated heterocycles. The van der Waals surface area contributed by atoms with Gasteiger partial charge >= 0.3 is 0 Å². The second kappa shape index (κ2) is 3.61. The van der Waals surface area contributed by atoms with Crippen molar-refractivity contribution in [2.24, 2.45) is 23.1 Å². The highest BCUT2D eigenvalue weighted by atomic mass is 14.9. The fourth-order valence-corrected chi connectivity index (χ4v) is 0.722. The summed E-state index contributed by atoms with van der Waals surface area (Å²) in [5.41, 5.74) is 16.3. The monoisotopic (exact) mass is 129 g/mol. The lowest BCUT2D eigenvalue weighted by atomic mass is 10.00. The Morgan fingerprint density at radius 2 is 1.78 bits per heavy atom. The van der Waals surface area contributed by atoms with Gasteiger partial charge < -0.3 is 17.2 Å². The standard InChI is InChI=1S/C6H15N3/c1-3-5(4(2)7)6(8)9/h3-6H,1,7-9H2,2H3. The lowest BCUT2D eigenvalue weighted by Crippen LogP contribution is -2.45. The van der Waals surface area contributed by atoms with Crippen molar-refractivity contribution in [3.63, 3.8) is 0 Å². The van der Waals surface area contributed by atoms with Gasteiger partial charge in [0.15, 0.2) is 0 Å². The van der Waals surface area contributed by atoms with Crippen LogP contribution in [0.25, 0.3) is 0 Å². The van der Waals surface area contributed by atoms with Crippen LogP contribution < -0.4 is 17.2 Å². The summed E-state index contributed by atoms with van der Waals surface area (Å²) in [4.78, 5) is 0. The summed E-state index contributed by atoms with van der Waals surface area (Å²) in [5, 5.41) is 0. The predicted octanol–water partition coefficient (Wildman–Crippen LogP) is -0.621. The lowest BCUT2D eigenvalue weighted by molar-refractivity contribution is 0.446. The van der Waals surface area contributed by atoms with Gasteiger partial charge in [-0.1, -0.05) is 6.08 Å². The van der Waals surface area contributed by atoms with E-state index in [9.17, 15) is 0 Å². The molecule has 0 heterocycles. The summed E-state index contributed by atoms with van der Waals surface area (Å²) in [6, 6.07) is -0.0116. The van der Waals surface area contributed by atoms with E-state index < -0.39 is 0 Å². The van der Waals surface area contributed by atoms with Crippen LogP contribution in [0.3, 0.4) is 0 Å². The largest absolute Gasteiger partial charge is 0.327 e. The molecule has 0 bridgehead atoms. The molecule has 0 aromatic heterocycles. The molecular formula is C6H15N3. The molecule has 3 heteroatoms. The number of nitrogens with two attached hydrogens (primary N) is 3. The third kappa shape index (κ3) is 2.60. The molecule has 0 aliphatic carbocycles. The van der Waals surface area contributed by atoms with Crippen LogP contribution in [0.15, 0.2) is 12.7 Å². The molecule has 54 valence electrons. The second-order valence-electron chi connectivity index (χ2n) is 2.25. The Bertz CT molecular complexity index is 80.3. The Hall–Kier alpha value is -0.380.